The van der Waals surface area contributed by atoms with Crippen molar-refractivity contribution >= 4 is 20.8 Å². The molecule has 3 aromatic carbocycles. The highest BCUT2D eigenvalue weighted by molar-refractivity contribution is 7.89. The summed E-state index contributed by atoms with van der Waals surface area (Å²) < 4.78 is 37.1. The predicted molar refractivity (Wildman–Crippen MR) is 163 cm³/mol. The zero-order valence-electron chi connectivity index (χ0n) is 24.4. The lowest BCUT2D eigenvalue weighted by Gasteiger charge is -2.34. The van der Waals surface area contributed by atoms with Crippen LogP contribution in [0.15, 0.2) is 88.9 Å². The average Bonchev–Trinajstić information content (AvgIpc) is 3.34. The van der Waals surface area contributed by atoms with Crippen LogP contribution in [0.2, 0.25) is 0 Å². The van der Waals surface area contributed by atoms with Gasteiger partial charge in [0, 0.05) is 30.5 Å². The molecule has 3 aromatic rings. The minimum absolute atomic E-state index is 0.170. The van der Waals surface area contributed by atoms with Gasteiger partial charge in [0.2, 0.25) is 10.0 Å². The maximum Gasteiger partial charge on any atom is 0.243 e. The smallest absolute Gasteiger partial charge is 0.243 e. The third kappa shape index (κ3) is 6.58. The first kappa shape index (κ1) is 28.7. The summed E-state index contributed by atoms with van der Waals surface area (Å²) in [6.45, 7) is 13.7. The normalized spacial score (nSPS) is 21.6. The third-order valence-corrected chi connectivity index (χ3v) is 10.2. The largest absolute Gasteiger partial charge is 0.326 e. The number of aryl methyl sites for hydroxylation is 2. The molecule has 0 radical (unpaired) electrons. The van der Waals surface area contributed by atoms with Crippen molar-refractivity contribution in [3.8, 4) is 0 Å². The van der Waals surface area contributed by atoms with Gasteiger partial charge in [-0.1, -0.05) is 89.0 Å². The number of ether oxygens (including phenoxy) is 1. The summed E-state index contributed by atoms with van der Waals surface area (Å²) in [6.07, 6.45) is 6.11. The van der Waals surface area contributed by atoms with E-state index < -0.39 is 10.0 Å². The van der Waals surface area contributed by atoms with Crippen LogP contribution in [-0.4, -0.2) is 56.7 Å². The van der Waals surface area contributed by atoms with Crippen LogP contribution in [0.5, 0.6) is 0 Å². The van der Waals surface area contributed by atoms with E-state index in [-0.39, 0.29) is 5.92 Å². The first-order valence-electron chi connectivity index (χ1n) is 14.5. The molecule has 1 heterocycles. The Morgan fingerprint density at radius 2 is 1.73 bits per heavy atom. The molecule has 0 amide bonds. The first-order valence-corrected chi connectivity index (χ1v) is 15.9. The summed E-state index contributed by atoms with van der Waals surface area (Å²) in [6, 6.07) is 20.1. The highest BCUT2D eigenvalue weighted by Crippen LogP contribution is 2.30. The molecule has 40 heavy (non-hydrogen) atoms. The molecule has 2 aliphatic rings. The molecule has 1 aliphatic carbocycles. The number of hydrogen-bond acceptors (Lipinski definition) is 3. The van der Waals surface area contributed by atoms with Crippen LogP contribution in [0.3, 0.4) is 0 Å². The monoisotopic (exact) mass is 559 g/mol. The van der Waals surface area contributed by atoms with Crippen molar-refractivity contribution in [1.29, 1.82) is 0 Å². The van der Waals surface area contributed by atoms with Crippen LogP contribution in [0.25, 0.3) is 10.8 Å². The summed E-state index contributed by atoms with van der Waals surface area (Å²) in [7, 11) is -3.70. The Morgan fingerprint density at radius 1 is 0.975 bits per heavy atom. The van der Waals surface area contributed by atoms with Gasteiger partial charge in [0.05, 0.1) is 11.4 Å². The second-order valence-electron chi connectivity index (χ2n) is 12.0. The van der Waals surface area contributed by atoms with Crippen molar-refractivity contribution in [2.45, 2.75) is 52.0 Å². The topological polar surface area (TPSA) is 46.6 Å². The Bertz CT molecular complexity index is 1510. The standard InChI is InChI=1S/C34H43N2O3S/c1-26-17-27(2)20-30(19-26)23-35(40(37,38)34-12-7-10-32-9-5-6-11-33(32)34)13-8-14-36(15-16-39-25-36)24-31-21-28(3)18-29(4)22-31/h5-7,9-12,17-19,21-22,30H,8,13-16,20,23-25H2,1-4H3/q+1. The molecule has 0 spiro atoms. The van der Waals surface area contributed by atoms with Crippen molar-refractivity contribution < 1.29 is 17.6 Å². The maximum absolute atomic E-state index is 14.3. The zero-order valence-corrected chi connectivity index (χ0v) is 25.2. The number of fused-ring (bicyclic) bond motifs is 1. The fourth-order valence-corrected chi connectivity index (χ4v) is 8.43. The number of nitrogens with zero attached hydrogens (tertiary/aromatic N) is 2. The van der Waals surface area contributed by atoms with Crippen LogP contribution in [0, 0.1) is 19.8 Å². The molecule has 1 fully saturated rings. The van der Waals surface area contributed by atoms with E-state index >= 15 is 0 Å². The SMILES string of the molecule is CC1=CC(CN(CCC[N+]2(Cc3cc(C)cc(C)c3)CCOC2)S(=O)(=O)c2cccc3ccccc23)CC(C)=C1. The zero-order chi connectivity index (χ0) is 28.3. The summed E-state index contributed by atoms with van der Waals surface area (Å²) >= 11 is 0. The van der Waals surface area contributed by atoms with Gasteiger partial charge in [-0.3, -0.25) is 4.48 Å². The van der Waals surface area contributed by atoms with Gasteiger partial charge in [-0.2, -0.15) is 4.31 Å². The van der Waals surface area contributed by atoms with Crippen LogP contribution >= 0.6 is 0 Å². The molecule has 2 unspecified atom stereocenters. The van der Waals surface area contributed by atoms with E-state index in [1.165, 1.54) is 27.8 Å². The van der Waals surface area contributed by atoms with E-state index in [1.54, 1.807) is 10.4 Å². The van der Waals surface area contributed by atoms with Crippen LogP contribution in [0.1, 0.15) is 43.4 Å². The van der Waals surface area contributed by atoms with E-state index in [0.29, 0.717) is 24.7 Å². The summed E-state index contributed by atoms with van der Waals surface area (Å²) in [5.74, 6) is 0.170. The molecule has 212 valence electrons. The van der Waals surface area contributed by atoms with Gasteiger partial charge in [0.15, 0.2) is 6.73 Å². The Balaban J connectivity index is 1.40. The highest BCUT2D eigenvalue weighted by Gasteiger charge is 2.34. The van der Waals surface area contributed by atoms with Crippen LogP contribution in [-0.2, 0) is 21.3 Å². The van der Waals surface area contributed by atoms with Gasteiger partial charge in [0.25, 0.3) is 0 Å². The van der Waals surface area contributed by atoms with Crippen molar-refractivity contribution in [1.82, 2.24) is 4.31 Å². The van der Waals surface area contributed by atoms with Gasteiger partial charge in [-0.25, -0.2) is 8.42 Å². The van der Waals surface area contributed by atoms with E-state index in [1.807, 2.05) is 36.4 Å². The highest BCUT2D eigenvalue weighted by atomic mass is 32.2. The molecule has 6 heteroatoms. The van der Waals surface area contributed by atoms with Crippen molar-refractivity contribution in [2.75, 3.05) is 39.5 Å². The van der Waals surface area contributed by atoms with E-state index in [2.05, 4.69) is 58.0 Å². The van der Waals surface area contributed by atoms with Crippen molar-refractivity contribution in [2.24, 2.45) is 5.92 Å². The van der Waals surface area contributed by atoms with Gasteiger partial charge in [0.1, 0.15) is 19.7 Å². The third-order valence-electron chi connectivity index (χ3n) is 8.28. The Kier molecular flexibility index (Phi) is 8.62. The van der Waals surface area contributed by atoms with Gasteiger partial charge < -0.3 is 4.74 Å². The molecule has 5 rings (SSSR count). The quantitative estimate of drug-likeness (QED) is 0.258. The number of hydrogen-bond donors (Lipinski definition) is 0. The summed E-state index contributed by atoms with van der Waals surface area (Å²) in [5, 5.41) is 1.73. The predicted octanol–water partition coefficient (Wildman–Crippen LogP) is 6.75. The molecular weight excluding hydrogens is 516 g/mol. The fraction of sp³-hybridized carbons (Fsp3) is 0.412. The Hall–Kier alpha value is -2.77. The Morgan fingerprint density at radius 3 is 2.45 bits per heavy atom. The molecular formula is C34H43N2O3S+. The molecule has 0 aromatic heterocycles. The molecule has 2 atom stereocenters. The van der Waals surface area contributed by atoms with Gasteiger partial charge in [-0.15, -0.1) is 0 Å². The molecule has 1 saturated heterocycles. The second-order valence-corrected chi connectivity index (χ2v) is 13.9. The van der Waals surface area contributed by atoms with E-state index in [0.717, 1.165) is 54.3 Å². The molecule has 1 aliphatic heterocycles. The molecule has 0 saturated carbocycles. The molecule has 0 bridgehead atoms. The average molecular weight is 560 g/mol. The molecule has 0 N–H and O–H groups in total. The lowest BCUT2D eigenvalue weighted by molar-refractivity contribution is -0.938. The van der Waals surface area contributed by atoms with Crippen molar-refractivity contribution in [3.05, 3.63) is 101 Å². The summed E-state index contributed by atoms with van der Waals surface area (Å²) in [5.41, 5.74) is 6.40. The van der Waals surface area contributed by atoms with Crippen LogP contribution in [0.4, 0.5) is 0 Å². The summed E-state index contributed by atoms with van der Waals surface area (Å²) in [4.78, 5) is 0.401. The lowest BCUT2D eigenvalue weighted by Crippen LogP contribution is -2.47. The lowest BCUT2D eigenvalue weighted by atomic mass is 9.91. The van der Waals surface area contributed by atoms with Crippen molar-refractivity contribution in [3.63, 3.8) is 0 Å². The van der Waals surface area contributed by atoms with E-state index in [9.17, 15) is 8.42 Å². The van der Waals surface area contributed by atoms with Gasteiger partial charge in [-0.05, 0) is 51.5 Å². The number of benzene rings is 3. The minimum atomic E-state index is -3.70. The number of sulfonamides is 1. The van der Waals surface area contributed by atoms with Crippen LogP contribution < -0.4 is 0 Å². The molecule has 5 nitrogen and oxygen atoms in total. The number of rotatable bonds is 10. The fourth-order valence-electron chi connectivity index (χ4n) is 6.68. The second kappa shape index (κ2) is 12.0. The van der Waals surface area contributed by atoms with Gasteiger partial charge >= 0.3 is 0 Å². The number of allylic oxidation sites excluding steroid dienone is 3. The minimum Gasteiger partial charge on any atom is -0.326 e. The first-order chi connectivity index (χ1) is 19.1. The maximum atomic E-state index is 14.3. The number of quaternary nitrogens is 1. The Labute approximate surface area is 240 Å². The van der Waals surface area contributed by atoms with E-state index in [4.69, 9.17) is 4.74 Å².